The minimum absolute atomic E-state index is 0.121. The first-order chi connectivity index (χ1) is 11.1. The average Bonchev–Trinajstić information content (AvgIpc) is 2.51. The van der Waals surface area contributed by atoms with Crippen LogP contribution < -0.4 is 0 Å². The highest BCUT2D eigenvalue weighted by Crippen LogP contribution is 2.35. The fourth-order valence-electron chi connectivity index (χ4n) is 2.47. The van der Waals surface area contributed by atoms with Gasteiger partial charge in [0.2, 0.25) is 0 Å². The van der Waals surface area contributed by atoms with Crippen LogP contribution in [0, 0.1) is 5.41 Å². The number of benzene rings is 1. The molecule has 1 amide bonds. The molecule has 0 unspecified atom stereocenters. The maximum Gasteiger partial charge on any atom is 0.410 e. The number of nitrogens with zero attached hydrogens (tertiary/aromatic N) is 1. The van der Waals surface area contributed by atoms with Crippen molar-refractivity contribution in [2.24, 2.45) is 5.41 Å². The van der Waals surface area contributed by atoms with E-state index in [0.717, 1.165) is 5.56 Å². The third-order valence-electron chi connectivity index (χ3n) is 3.86. The second kappa shape index (κ2) is 7.78. The lowest BCUT2D eigenvalue weighted by atomic mass is 9.77. The molecule has 1 saturated heterocycles. The van der Waals surface area contributed by atoms with Crippen LogP contribution in [0.25, 0.3) is 0 Å². The number of amides is 1. The van der Waals surface area contributed by atoms with Crippen LogP contribution in [-0.4, -0.2) is 48.4 Å². The van der Waals surface area contributed by atoms with Crippen LogP contribution in [0.15, 0.2) is 43.0 Å². The molecule has 0 bridgehead atoms. The van der Waals surface area contributed by atoms with Crippen molar-refractivity contribution in [3.05, 3.63) is 48.6 Å². The predicted molar refractivity (Wildman–Crippen MR) is 83.9 cm³/mol. The molecular weight excluding hydrogens is 298 g/mol. The van der Waals surface area contributed by atoms with Crippen LogP contribution in [0.1, 0.15) is 12.0 Å². The molecule has 0 saturated carbocycles. The summed E-state index contributed by atoms with van der Waals surface area (Å²) in [6, 6.07) is 9.69. The van der Waals surface area contributed by atoms with E-state index in [2.05, 4.69) is 6.58 Å². The molecule has 0 atom stereocenters. The second-order valence-corrected chi connectivity index (χ2v) is 5.60. The lowest BCUT2D eigenvalue weighted by Gasteiger charge is -2.46. The van der Waals surface area contributed by atoms with Crippen LogP contribution >= 0.6 is 0 Å². The van der Waals surface area contributed by atoms with Crippen molar-refractivity contribution in [3.63, 3.8) is 0 Å². The molecule has 0 spiro atoms. The van der Waals surface area contributed by atoms with Gasteiger partial charge in [-0.1, -0.05) is 43.0 Å². The molecule has 1 heterocycles. The molecule has 1 aliphatic rings. The number of hydrogen-bond acceptors (Lipinski definition) is 4. The zero-order chi connectivity index (χ0) is 16.7. The van der Waals surface area contributed by atoms with Crippen molar-refractivity contribution in [2.45, 2.75) is 13.0 Å². The number of carboxylic acids is 1. The Labute approximate surface area is 135 Å². The summed E-state index contributed by atoms with van der Waals surface area (Å²) < 4.78 is 10.4. The van der Waals surface area contributed by atoms with Gasteiger partial charge in [-0.05, 0) is 12.0 Å². The van der Waals surface area contributed by atoms with E-state index in [9.17, 15) is 14.7 Å². The average molecular weight is 319 g/mol. The Morgan fingerprint density at radius 2 is 2.00 bits per heavy atom. The lowest BCUT2D eigenvalue weighted by Crippen LogP contribution is -2.62. The van der Waals surface area contributed by atoms with E-state index < -0.39 is 17.5 Å². The van der Waals surface area contributed by atoms with Crippen molar-refractivity contribution in [2.75, 3.05) is 26.3 Å². The normalized spacial score (nSPS) is 15.6. The molecule has 2 rings (SSSR count). The lowest BCUT2D eigenvalue weighted by molar-refractivity contribution is -0.160. The van der Waals surface area contributed by atoms with E-state index in [1.165, 1.54) is 11.0 Å². The van der Waals surface area contributed by atoms with Crippen LogP contribution in [0.2, 0.25) is 0 Å². The number of carboxylic acid groups (broad SMARTS) is 1. The molecule has 0 aliphatic carbocycles. The van der Waals surface area contributed by atoms with E-state index in [1.54, 1.807) is 0 Å². The molecule has 124 valence electrons. The molecule has 0 aromatic heterocycles. The third kappa shape index (κ3) is 4.32. The Morgan fingerprint density at radius 1 is 1.30 bits per heavy atom. The summed E-state index contributed by atoms with van der Waals surface area (Å²) in [5.74, 6) is -0.909. The summed E-state index contributed by atoms with van der Waals surface area (Å²) in [6.45, 7) is 4.65. The van der Waals surface area contributed by atoms with Crippen molar-refractivity contribution in [3.8, 4) is 0 Å². The van der Waals surface area contributed by atoms with Crippen molar-refractivity contribution in [1.29, 1.82) is 0 Å². The van der Waals surface area contributed by atoms with Crippen LogP contribution in [-0.2, 0) is 20.9 Å². The maximum absolute atomic E-state index is 11.6. The number of rotatable bonds is 8. The van der Waals surface area contributed by atoms with Gasteiger partial charge in [-0.2, -0.15) is 0 Å². The van der Waals surface area contributed by atoms with Crippen molar-refractivity contribution in [1.82, 2.24) is 4.90 Å². The van der Waals surface area contributed by atoms with Gasteiger partial charge < -0.3 is 19.5 Å². The highest BCUT2D eigenvalue weighted by atomic mass is 16.6. The fraction of sp³-hybridized carbons (Fsp3) is 0.412. The predicted octanol–water partition coefficient (Wildman–Crippen LogP) is 2.30. The Bertz CT molecular complexity index is 551. The van der Waals surface area contributed by atoms with Crippen LogP contribution in [0.5, 0.6) is 0 Å². The number of aliphatic carboxylic acids is 1. The Morgan fingerprint density at radius 3 is 2.61 bits per heavy atom. The van der Waals surface area contributed by atoms with Crippen LogP contribution in [0.3, 0.4) is 0 Å². The maximum atomic E-state index is 11.6. The van der Waals surface area contributed by atoms with Gasteiger partial charge >= 0.3 is 12.1 Å². The molecule has 0 radical (unpaired) electrons. The van der Waals surface area contributed by atoms with Gasteiger partial charge in [-0.15, -0.1) is 0 Å². The second-order valence-electron chi connectivity index (χ2n) is 5.60. The van der Waals surface area contributed by atoms with Gasteiger partial charge in [-0.3, -0.25) is 4.79 Å². The third-order valence-corrected chi connectivity index (χ3v) is 3.86. The molecule has 1 aliphatic heterocycles. The topological polar surface area (TPSA) is 76.1 Å². The standard InChI is InChI=1S/C17H21NO5/c1-2-9-23-16(21)18-12-17(13-18,15(19)20)8-10-22-11-14-6-4-3-5-7-14/h2-7H,1,8-13H2,(H,19,20). The van der Waals surface area contributed by atoms with E-state index >= 15 is 0 Å². The summed E-state index contributed by atoms with van der Waals surface area (Å²) >= 11 is 0. The highest BCUT2D eigenvalue weighted by molar-refractivity contribution is 5.80. The number of carbonyl (C=O) groups excluding carboxylic acids is 1. The Balaban J connectivity index is 1.76. The molecule has 23 heavy (non-hydrogen) atoms. The summed E-state index contributed by atoms with van der Waals surface area (Å²) in [5.41, 5.74) is 0.101. The van der Waals surface area contributed by atoms with Gasteiger partial charge in [-0.25, -0.2) is 4.79 Å². The molecular formula is C17H21NO5. The smallest absolute Gasteiger partial charge is 0.410 e. The summed E-state index contributed by atoms with van der Waals surface area (Å²) in [4.78, 5) is 24.5. The SMILES string of the molecule is C=CCOC(=O)N1CC(CCOCc2ccccc2)(C(=O)O)C1. The van der Waals surface area contributed by atoms with Crippen LogP contribution in [0.4, 0.5) is 4.79 Å². The molecule has 1 fully saturated rings. The number of carbonyl (C=O) groups is 2. The Kier molecular flexibility index (Phi) is 5.76. The fourth-order valence-corrected chi connectivity index (χ4v) is 2.47. The molecule has 1 N–H and O–H groups in total. The monoisotopic (exact) mass is 319 g/mol. The van der Waals surface area contributed by atoms with E-state index in [1.807, 2.05) is 30.3 Å². The quantitative estimate of drug-likeness (QED) is 0.588. The number of hydrogen-bond donors (Lipinski definition) is 1. The van der Waals surface area contributed by atoms with Gasteiger partial charge in [0, 0.05) is 19.7 Å². The number of likely N-dealkylation sites (tertiary alicyclic amines) is 1. The molecule has 1 aromatic carbocycles. The van der Waals surface area contributed by atoms with E-state index in [4.69, 9.17) is 9.47 Å². The molecule has 6 nitrogen and oxygen atoms in total. The zero-order valence-corrected chi connectivity index (χ0v) is 12.9. The van der Waals surface area contributed by atoms with E-state index in [-0.39, 0.29) is 19.7 Å². The zero-order valence-electron chi connectivity index (χ0n) is 12.9. The first-order valence-corrected chi connectivity index (χ1v) is 7.45. The number of ether oxygens (including phenoxy) is 2. The largest absolute Gasteiger partial charge is 0.481 e. The van der Waals surface area contributed by atoms with Gasteiger partial charge in [0.15, 0.2) is 0 Å². The van der Waals surface area contributed by atoms with E-state index in [0.29, 0.717) is 19.6 Å². The minimum atomic E-state index is -0.941. The molecule has 6 heteroatoms. The van der Waals surface area contributed by atoms with Gasteiger partial charge in [0.1, 0.15) is 12.0 Å². The van der Waals surface area contributed by atoms with Gasteiger partial charge in [0.25, 0.3) is 0 Å². The Hall–Kier alpha value is -2.34. The first-order valence-electron chi connectivity index (χ1n) is 7.45. The van der Waals surface area contributed by atoms with Crippen molar-refractivity contribution >= 4 is 12.1 Å². The summed E-state index contributed by atoms with van der Waals surface area (Å²) in [7, 11) is 0. The molecule has 1 aromatic rings. The summed E-state index contributed by atoms with van der Waals surface area (Å²) in [6.07, 6.45) is 1.33. The summed E-state index contributed by atoms with van der Waals surface area (Å²) in [5, 5.41) is 9.43. The minimum Gasteiger partial charge on any atom is -0.481 e. The highest BCUT2D eigenvalue weighted by Gasteiger charge is 2.51. The first kappa shape index (κ1) is 17.0. The van der Waals surface area contributed by atoms with Gasteiger partial charge in [0.05, 0.1) is 6.61 Å². The van der Waals surface area contributed by atoms with Crippen molar-refractivity contribution < 1.29 is 24.2 Å².